The van der Waals surface area contributed by atoms with E-state index in [1.807, 2.05) is 55.5 Å². The number of aryl methyl sites for hydroxylation is 1. The maximum absolute atomic E-state index is 13.6. The molecule has 31 heavy (non-hydrogen) atoms. The van der Waals surface area contributed by atoms with E-state index in [9.17, 15) is 9.59 Å². The van der Waals surface area contributed by atoms with Gasteiger partial charge in [-0.25, -0.2) is 9.78 Å². The zero-order valence-electron chi connectivity index (χ0n) is 18.5. The van der Waals surface area contributed by atoms with Gasteiger partial charge in [0.05, 0.1) is 22.6 Å². The number of nitrogens with zero attached hydrogens (tertiary/aromatic N) is 2. The van der Waals surface area contributed by atoms with Crippen LogP contribution in [0.2, 0.25) is 0 Å². The summed E-state index contributed by atoms with van der Waals surface area (Å²) in [5, 5.41) is 3.46. The minimum atomic E-state index is -0.643. The molecule has 0 fully saturated rings. The standard InChI is InChI=1S/C24H30N4O3/c1-16-10-8-13-18-20(16)22(29)28(17-11-6-5-7-12-17)21(26-18)19(14-9-15-25)27-23(30)31-24(2,3)4/h5-8,10-13,19H,9,14-15,25H2,1-4H3,(H,27,30). The van der Waals surface area contributed by atoms with Gasteiger partial charge in [0.1, 0.15) is 11.4 Å². The average molecular weight is 423 g/mol. The Balaban J connectivity index is 2.20. The van der Waals surface area contributed by atoms with E-state index in [1.165, 1.54) is 0 Å². The summed E-state index contributed by atoms with van der Waals surface area (Å²) >= 11 is 0. The van der Waals surface area contributed by atoms with Crippen LogP contribution in [-0.2, 0) is 4.74 Å². The van der Waals surface area contributed by atoms with Crippen LogP contribution in [0, 0.1) is 6.92 Å². The Bertz CT molecular complexity index is 1120. The van der Waals surface area contributed by atoms with Crippen LogP contribution in [-0.4, -0.2) is 27.8 Å². The van der Waals surface area contributed by atoms with Gasteiger partial charge >= 0.3 is 6.09 Å². The lowest BCUT2D eigenvalue weighted by Gasteiger charge is -2.25. The van der Waals surface area contributed by atoms with E-state index < -0.39 is 17.7 Å². The molecule has 1 atom stereocenters. The summed E-state index contributed by atoms with van der Waals surface area (Å²) in [6.07, 6.45) is 0.608. The predicted molar refractivity (Wildman–Crippen MR) is 122 cm³/mol. The first-order valence-electron chi connectivity index (χ1n) is 10.5. The van der Waals surface area contributed by atoms with Crippen LogP contribution in [0.3, 0.4) is 0 Å². The third-order valence-corrected chi connectivity index (χ3v) is 4.85. The molecule has 0 aliphatic rings. The number of aromatic nitrogens is 2. The third kappa shape index (κ3) is 5.30. The van der Waals surface area contributed by atoms with Crippen molar-refractivity contribution in [1.82, 2.24) is 14.9 Å². The smallest absolute Gasteiger partial charge is 0.408 e. The van der Waals surface area contributed by atoms with E-state index in [0.29, 0.717) is 41.8 Å². The number of ether oxygens (including phenoxy) is 1. The van der Waals surface area contributed by atoms with Crippen LogP contribution in [0.5, 0.6) is 0 Å². The van der Waals surface area contributed by atoms with Crippen molar-refractivity contribution in [3.63, 3.8) is 0 Å². The maximum atomic E-state index is 13.6. The van der Waals surface area contributed by atoms with E-state index in [4.69, 9.17) is 15.5 Å². The summed E-state index contributed by atoms with van der Waals surface area (Å²) in [7, 11) is 0. The lowest BCUT2D eigenvalue weighted by atomic mass is 10.1. The first kappa shape index (κ1) is 22.5. The summed E-state index contributed by atoms with van der Waals surface area (Å²) in [6.45, 7) is 7.76. The van der Waals surface area contributed by atoms with Gasteiger partial charge in [0, 0.05) is 0 Å². The number of hydrogen-bond donors (Lipinski definition) is 2. The molecule has 0 radical (unpaired) electrons. The number of rotatable bonds is 6. The van der Waals surface area contributed by atoms with Crippen LogP contribution in [0.25, 0.3) is 16.6 Å². The van der Waals surface area contributed by atoms with Crippen molar-refractivity contribution in [2.45, 2.75) is 52.2 Å². The summed E-state index contributed by atoms with van der Waals surface area (Å²) in [5.74, 6) is 0.452. The van der Waals surface area contributed by atoms with Crippen molar-refractivity contribution in [3.05, 3.63) is 70.3 Å². The molecule has 3 rings (SSSR count). The van der Waals surface area contributed by atoms with Crippen molar-refractivity contribution in [2.24, 2.45) is 5.73 Å². The molecule has 0 aliphatic carbocycles. The number of para-hydroxylation sites is 1. The van der Waals surface area contributed by atoms with Crippen molar-refractivity contribution in [3.8, 4) is 5.69 Å². The number of nitrogens with one attached hydrogen (secondary N) is 1. The Morgan fingerprint density at radius 3 is 2.52 bits per heavy atom. The second-order valence-electron chi connectivity index (χ2n) is 8.54. The van der Waals surface area contributed by atoms with Gasteiger partial charge in [0.15, 0.2) is 0 Å². The van der Waals surface area contributed by atoms with Gasteiger partial charge in [-0.05, 0) is 70.8 Å². The van der Waals surface area contributed by atoms with Crippen molar-refractivity contribution < 1.29 is 9.53 Å². The van der Waals surface area contributed by atoms with Gasteiger partial charge in [-0.2, -0.15) is 0 Å². The first-order chi connectivity index (χ1) is 14.7. The van der Waals surface area contributed by atoms with Crippen molar-refractivity contribution >= 4 is 17.0 Å². The molecular formula is C24H30N4O3. The zero-order valence-corrected chi connectivity index (χ0v) is 18.5. The quantitative estimate of drug-likeness (QED) is 0.626. The molecule has 1 amide bonds. The molecule has 0 saturated heterocycles. The number of carbonyl (C=O) groups excluding carboxylic acids is 1. The highest BCUT2D eigenvalue weighted by atomic mass is 16.6. The summed E-state index contributed by atoms with van der Waals surface area (Å²) in [4.78, 5) is 31.0. The molecule has 3 aromatic rings. The van der Waals surface area contributed by atoms with Crippen LogP contribution in [0.4, 0.5) is 4.79 Å². The first-order valence-corrected chi connectivity index (χ1v) is 10.5. The van der Waals surface area contributed by atoms with E-state index in [0.717, 1.165) is 5.56 Å². The lowest BCUT2D eigenvalue weighted by molar-refractivity contribution is 0.0497. The van der Waals surface area contributed by atoms with Crippen LogP contribution in [0.1, 0.15) is 51.0 Å². The molecule has 3 N–H and O–H groups in total. The number of benzene rings is 2. The van der Waals surface area contributed by atoms with Gasteiger partial charge in [0.2, 0.25) is 0 Å². The average Bonchev–Trinajstić information content (AvgIpc) is 2.70. The number of fused-ring (bicyclic) bond motifs is 1. The highest BCUT2D eigenvalue weighted by molar-refractivity contribution is 5.81. The Morgan fingerprint density at radius 2 is 1.87 bits per heavy atom. The highest BCUT2D eigenvalue weighted by Crippen LogP contribution is 2.23. The highest BCUT2D eigenvalue weighted by Gasteiger charge is 2.25. The maximum Gasteiger partial charge on any atom is 0.408 e. The molecule has 1 heterocycles. The Kier molecular flexibility index (Phi) is 6.75. The Labute approximate surface area is 182 Å². The fraction of sp³-hybridized carbons (Fsp3) is 0.375. The Morgan fingerprint density at radius 1 is 1.16 bits per heavy atom. The van der Waals surface area contributed by atoms with Crippen molar-refractivity contribution in [1.29, 1.82) is 0 Å². The van der Waals surface area contributed by atoms with Gasteiger partial charge < -0.3 is 15.8 Å². The van der Waals surface area contributed by atoms with Gasteiger partial charge in [-0.1, -0.05) is 30.3 Å². The second-order valence-corrected chi connectivity index (χ2v) is 8.54. The van der Waals surface area contributed by atoms with Gasteiger partial charge in [-0.3, -0.25) is 9.36 Å². The van der Waals surface area contributed by atoms with E-state index >= 15 is 0 Å². The number of amides is 1. The third-order valence-electron chi connectivity index (χ3n) is 4.85. The van der Waals surface area contributed by atoms with E-state index in [1.54, 1.807) is 25.3 Å². The largest absolute Gasteiger partial charge is 0.444 e. The SMILES string of the molecule is Cc1cccc2nc(C(CCCN)NC(=O)OC(C)(C)C)n(-c3ccccc3)c(=O)c12. The molecular weight excluding hydrogens is 392 g/mol. The molecule has 0 bridgehead atoms. The van der Waals surface area contributed by atoms with Gasteiger partial charge in [0.25, 0.3) is 5.56 Å². The molecule has 7 heteroatoms. The topological polar surface area (TPSA) is 99.2 Å². The number of alkyl carbamates (subject to hydrolysis) is 1. The lowest BCUT2D eigenvalue weighted by Crippen LogP contribution is -2.38. The monoisotopic (exact) mass is 422 g/mol. The number of nitrogens with two attached hydrogens (primary N) is 1. The summed E-state index contributed by atoms with van der Waals surface area (Å²) < 4.78 is 7.03. The summed E-state index contributed by atoms with van der Waals surface area (Å²) in [5.41, 5.74) is 7.06. The van der Waals surface area contributed by atoms with E-state index in [2.05, 4.69) is 5.32 Å². The minimum absolute atomic E-state index is 0.173. The molecule has 1 unspecified atom stereocenters. The molecule has 0 spiro atoms. The second kappa shape index (κ2) is 9.31. The minimum Gasteiger partial charge on any atom is -0.444 e. The molecule has 0 aliphatic heterocycles. The van der Waals surface area contributed by atoms with Crippen LogP contribution < -0.4 is 16.6 Å². The zero-order chi connectivity index (χ0) is 22.6. The van der Waals surface area contributed by atoms with Crippen molar-refractivity contribution in [2.75, 3.05) is 6.54 Å². The normalized spacial score (nSPS) is 12.5. The Hall–Kier alpha value is -3.19. The number of hydrogen-bond acceptors (Lipinski definition) is 5. The molecule has 7 nitrogen and oxygen atoms in total. The molecule has 2 aromatic carbocycles. The van der Waals surface area contributed by atoms with Crippen LogP contribution >= 0.6 is 0 Å². The van der Waals surface area contributed by atoms with Gasteiger partial charge in [-0.15, -0.1) is 0 Å². The number of carbonyl (C=O) groups is 1. The molecule has 164 valence electrons. The van der Waals surface area contributed by atoms with Crippen LogP contribution in [0.15, 0.2) is 53.3 Å². The predicted octanol–water partition coefficient (Wildman–Crippen LogP) is 4.00. The fourth-order valence-electron chi connectivity index (χ4n) is 3.51. The summed E-state index contributed by atoms with van der Waals surface area (Å²) in [6, 6.07) is 14.4. The molecule has 1 aromatic heterocycles. The van der Waals surface area contributed by atoms with E-state index in [-0.39, 0.29) is 5.56 Å². The fourth-order valence-corrected chi connectivity index (χ4v) is 3.51. The molecule has 0 saturated carbocycles.